The fourth-order valence-corrected chi connectivity index (χ4v) is 3.91. The van der Waals surface area contributed by atoms with Gasteiger partial charge in [0.2, 0.25) is 0 Å². The van der Waals surface area contributed by atoms with Gasteiger partial charge in [0, 0.05) is 0 Å². The van der Waals surface area contributed by atoms with Crippen LogP contribution in [0.4, 0.5) is 5.69 Å². The first kappa shape index (κ1) is 12.9. The summed E-state index contributed by atoms with van der Waals surface area (Å²) in [6.45, 7) is 1.94. The molecule has 1 aliphatic heterocycles. The van der Waals surface area contributed by atoms with Crippen LogP contribution in [-0.2, 0) is 21.1 Å². The summed E-state index contributed by atoms with van der Waals surface area (Å²) in [5.74, 6) is -1.17. The number of fused-ring (bicyclic) bond motifs is 1. The van der Waals surface area contributed by atoms with E-state index >= 15 is 0 Å². The molecule has 6 heteroatoms. The molecule has 0 saturated heterocycles. The Labute approximate surface area is 106 Å². The fraction of sp³-hybridized carbons (Fsp3) is 0.417. The van der Waals surface area contributed by atoms with Gasteiger partial charge in [0.15, 0.2) is 9.84 Å². The molecule has 0 aliphatic carbocycles. The highest BCUT2D eigenvalue weighted by Crippen LogP contribution is 2.32. The lowest BCUT2D eigenvalue weighted by Crippen LogP contribution is -2.36. The Morgan fingerprint density at radius 3 is 2.83 bits per heavy atom. The van der Waals surface area contributed by atoms with Crippen molar-refractivity contribution >= 4 is 21.5 Å². The van der Waals surface area contributed by atoms with Crippen molar-refractivity contribution in [3.63, 3.8) is 0 Å². The number of anilines is 1. The van der Waals surface area contributed by atoms with E-state index in [2.05, 4.69) is 5.32 Å². The van der Waals surface area contributed by atoms with Gasteiger partial charge in [-0.3, -0.25) is 4.79 Å². The molecule has 0 fully saturated rings. The highest BCUT2D eigenvalue weighted by Gasteiger charge is 2.32. The second-order valence-electron chi connectivity index (χ2n) is 4.36. The third-order valence-corrected chi connectivity index (χ3v) is 4.87. The van der Waals surface area contributed by atoms with E-state index in [1.165, 1.54) is 0 Å². The van der Waals surface area contributed by atoms with Crippen molar-refractivity contribution in [2.45, 2.75) is 30.7 Å². The van der Waals surface area contributed by atoms with Crippen LogP contribution in [0.15, 0.2) is 23.1 Å². The maximum absolute atomic E-state index is 12.1. The summed E-state index contributed by atoms with van der Waals surface area (Å²) < 4.78 is 24.2. The summed E-state index contributed by atoms with van der Waals surface area (Å²) in [5, 5.41) is 11.8. The Morgan fingerprint density at radius 1 is 1.50 bits per heavy atom. The Kier molecular flexibility index (Phi) is 3.30. The number of sulfone groups is 1. The molecule has 0 spiro atoms. The number of aliphatic carboxylic acids is 1. The number of hydrogen-bond acceptors (Lipinski definition) is 4. The molecule has 1 unspecified atom stereocenters. The number of carbonyl (C=O) groups is 1. The second-order valence-corrected chi connectivity index (χ2v) is 6.37. The standard InChI is InChI=1S/C12H15NO4S/c1-2-8-4-3-5-10-12(8)13-9(6-11(14)15)7-18(10,16)17/h3-5,9,13H,2,6-7H2,1H3,(H,14,15). The molecule has 0 saturated carbocycles. The number of para-hydroxylation sites is 1. The minimum Gasteiger partial charge on any atom is -0.481 e. The molecule has 1 aromatic carbocycles. The monoisotopic (exact) mass is 269 g/mol. The van der Waals surface area contributed by atoms with E-state index in [4.69, 9.17) is 5.11 Å². The predicted molar refractivity (Wildman–Crippen MR) is 67.5 cm³/mol. The lowest BCUT2D eigenvalue weighted by atomic mass is 10.1. The quantitative estimate of drug-likeness (QED) is 0.864. The van der Waals surface area contributed by atoms with Gasteiger partial charge in [-0.1, -0.05) is 19.1 Å². The molecular weight excluding hydrogens is 254 g/mol. The lowest BCUT2D eigenvalue weighted by Gasteiger charge is -2.27. The average Bonchev–Trinajstić information content (AvgIpc) is 2.26. The molecule has 2 N–H and O–H groups in total. The third-order valence-electron chi connectivity index (χ3n) is 3.02. The highest BCUT2D eigenvalue weighted by molar-refractivity contribution is 7.91. The summed E-state index contributed by atoms with van der Waals surface area (Å²) >= 11 is 0. The van der Waals surface area contributed by atoms with Crippen LogP contribution in [0.5, 0.6) is 0 Å². The molecule has 0 radical (unpaired) electrons. The molecule has 2 rings (SSSR count). The van der Waals surface area contributed by atoms with Gasteiger partial charge in [0.1, 0.15) is 0 Å². The topological polar surface area (TPSA) is 83.5 Å². The van der Waals surface area contributed by atoms with E-state index in [9.17, 15) is 13.2 Å². The Morgan fingerprint density at radius 2 is 2.22 bits per heavy atom. The van der Waals surface area contributed by atoms with Crippen LogP contribution in [0.3, 0.4) is 0 Å². The van der Waals surface area contributed by atoms with Crippen molar-refractivity contribution in [3.05, 3.63) is 23.8 Å². The predicted octanol–water partition coefficient (Wildman–Crippen LogP) is 1.29. The third kappa shape index (κ3) is 2.33. The van der Waals surface area contributed by atoms with Gasteiger partial charge >= 0.3 is 5.97 Å². The second kappa shape index (κ2) is 4.61. The van der Waals surface area contributed by atoms with Gasteiger partial charge in [-0.05, 0) is 18.1 Å². The first-order valence-electron chi connectivity index (χ1n) is 5.77. The first-order valence-corrected chi connectivity index (χ1v) is 7.42. The van der Waals surface area contributed by atoms with E-state index in [-0.39, 0.29) is 17.1 Å². The average molecular weight is 269 g/mol. The Hall–Kier alpha value is -1.56. The maximum atomic E-state index is 12.1. The summed E-state index contributed by atoms with van der Waals surface area (Å²) in [4.78, 5) is 11.0. The number of hydrogen-bond donors (Lipinski definition) is 2. The van der Waals surface area contributed by atoms with E-state index < -0.39 is 21.8 Å². The van der Waals surface area contributed by atoms with E-state index in [0.29, 0.717) is 12.1 Å². The molecule has 0 bridgehead atoms. The van der Waals surface area contributed by atoms with Gasteiger partial charge in [-0.15, -0.1) is 0 Å². The normalized spacial score (nSPS) is 20.8. The molecule has 0 aromatic heterocycles. The lowest BCUT2D eigenvalue weighted by molar-refractivity contribution is -0.137. The van der Waals surface area contributed by atoms with Gasteiger partial charge < -0.3 is 10.4 Å². The number of aryl methyl sites for hydroxylation is 1. The zero-order valence-corrected chi connectivity index (χ0v) is 10.8. The summed E-state index contributed by atoms with van der Waals surface area (Å²) in [6.07, 6.45) is 0.502. The van der Waals surface area contributed by atoms with Crippen molar-refractivity contribution in [2.75, 3.05) is 11.1 Å². The van der Waals surface area contributed by atoms with Crippen LogP contribution >= 0.6 is 0 Å². The molecule has 1 aromatic rings. The van der Waals surface area contributed by atoms with Crippen LogP contribution in [0, 0.1) is 0 Å². The van der Waals surface area contributed by atoms with Crippen molar-refractivity contribution in [1.82, 2.24) is 0 Å². The molecule has 18 heavy (non-hydrogen) atoms. The Bertz CT molecular complexity index is 580. The number of rotatable bonds is 3. The van der Waals surface area contributed by atoms with E-state index in [0.717, 1.165) is 5.56 Å². The van der Waals surface area contributed by atoms with Crippen LogP contribution in [-0.4, -0.2) is 31.3 Å². The van der Waals surface area contributed by atoms with Crippen LogP contribution in [0.2, 0.25) is 0 Å². The number of benzene rings is 1. The zero-order chi connectivity index (χ0) is 13.3. The maximum Gasteiger partial charge on any atom is 0.305 e. The minimum absolute atomic E-state index is 0.167. The van der Waals surface area contributed by atoms with Crippen LogP contribution in [0.25, 0.3) is 0 Å². The fourth-order valence-electron chi connectivity index (χ4n) is 2.22. The highest BCUT2D eigenvalue weighted by atomic mass is 32.2. The van der Waals surface area contributed by atoms with Gasteiger partial charge in [-0.25, -0.2) is 8.42 Å². The van der Waals surface area contributed by atoms with Crippen molar-refractivity contribution in [3.8, 4) is 0 Å². The molecule has 1 atom stereocenters. The summed E-state index contributed by atoms with van der Waals surface area (Å²) in [7, 11) is -3.40. The molecule has 98 valence electrons. The number of nitrogens with one attached hydrogen (secondary N) is 1. The summed E-state index contributed by atoms with van der Waals surface area (Å²) in [5.41, 5.74) is 1.46. The SMILES string of the molecule is CCc1cccc2c1NC(CC(=O)O)CS2(=O)=O. The zero-order valence-electron chi connectivity index (χ0n) is 10.0. The first-order chi connectivity index (χ1) is 8.44. The van der Waals surface area contributed by atoms with Crippen molar-refractivity contribution in [2.24, 2.45) is 0 Å². The smallest absolute Gasteiger partial charge is 0.305 e. The van der Waals surface area contributed by atoms with Crippen molar-refractivity contribution < 1.29 is 18.3 Å². The molecule has 0 amide bonds. The van der Waals surface area contributed by atoms with Gasteiger partial charge in [-0.2, -0.15) is 0 Å². The number of carboxylic acids is 1. The van der Waals surface area contributed by atoms with Gasteiger partial charge in [0.05, 0.1) is 28.8 Å². The molecule has 1 heterocycles. The van der Waals surface area contributed by atoms with E-state index in [1.54, 1.807) is 12.1 Å². The summed E-state index contributed by atoms with van der Waals surface area (Å²) in [6, 6.07) is 4.57. The van der Waals surface area contributed by atoms with Crippen LogP contribution in [0.1, 0.15) is 18.9 Å². The van der Waals surface area contributed by atoms with E-state index in [1.807, 2.05) is 13.0 Å². The molecule has 1 aliphatic rings. The van der Waals surface area contributed by atoms with Crippen LogP contribution < -0.4 is 5.32 Å². The molecule has 5 nitrogen and oxygen atoms in total. The van der Waals surface area contributed by atoms with Gasteiger partial charge in [0.25, 0.3) is 0 Å². The molecular formula is C12H15NO4S. The van der Waals surface area contributed by atoms with Crippen molar-refractivity contribution in [1.29, 1.82) is 0 Å². The Balaban J connectivity index is 2.47. The minimum atomic E-state index is -3.40. The largest absolute Gasteiger partial charge is 0.481 e. The number of carboxylic acid groups (broad SMARTS) is 1.